The highest BCUT2D eigenvalue weighted by Gasteiger charge is 2.17. The molecular formula is C11H9N3O2. The van der Waals surface area contributed by atoms with Crippen molar-refractivity contribution in [2.24, 2.45) is 0 Å². The van der Waals surface area contributed by atoms with Gasteiger partial charge in [0.1, 0.15) is 17.9 Å². The zero-order chi connectivity index (χ0) is 12.0. The third-order valence-electron chi connectivity index (χ3n) is 1.86. The third-order valence-corrected chi connectivity index (χ3v) is 1.86. The van der Waals surface area contributed by atoms with Gasteiger partial charge in [-0.2, -0.15) is 5.26 Å². The lowest BCUT2D eigenvalue weighted by Crippen LogP contribution is -2.29. The van der Waals surface area contributed by atoms with Crippen LogP contribution in [0.25, 0.3) is 0 Å². The lowest BCUT2D eigenvalue weighted by molar-refractivity contribution is -0.137. The number of anilines is 1. The van der Waals surface area contributed by atoms with Crippen molar-refractivity contribution in [2.45, 2.75) is 12.5 Å². The van der Waals surface area contributed by atoms with Crippen molar-refractivity contribution >= 4 is 11.8 Å². The van der Waals surface area contributed by atoms with Gasteiger partial charge in [0, 0.05) is 12.6 Å². The van der Waals surface area contributed by atoms with Gasteiger partial charge in [-0.25, -0.2) is 9.78 Å². The van der Waals surface area contributed by atoms with E-state index in [0.717, 1.165) is 0 Å². The molecule has 0 aliphatic rings. The Morgan fingerprint density at radius 1 is 1.75 bits per heavy atom. The average Bonchev–Trinajstić information content (AvgIpc) is 2.29. The zero-order valence-corrected chi connectivity index (χ0v) is 8.34. The van der Waals surface area contributed by atoms with Crippen molar-refractivity contribution in [2.75, 3.05) is 5.32 Å². The van der Waals surface area contributed by atoms with Crippen LogP contribution in [-0.2, 0) is 4.79 Å². The average molecular weight is 215 g/mol. The molecule has 80 valence electrons. The molecule has 0 spiro atoms. The van der Waals surface area contributed by atoms with Crippen molar-refractivity contribution in [3.63, 3.8) is 0 Å². The number of nitriles is 1. The first-order valence-electron chi connectivity index (χ1n) is 4.47. The van der Waals surface area contributed by atoms with Gasteiger partial charge >= 0.3 is 5.97 Å². The Hall–Kier alpha value is -2.53. The van der Waals surface area contributed by atoms with Gasteiger partial charge in [-0.3, -0.25) is 0 Å². The van der Waals surface area contributed by atoms with Gasteiger partial charge in [0.15, 0.2) is 0 Å². The number of hydrogen-bond donors (Lipinski definition) is 2. The fourth-order valence-corrected chi connectivity index (χ4v) is 1.09. The Balaban J connectivity index is 2.90. The molecule has 1 aromatic heterocycles. The van der Waals surface area contributed by atoms with Crippen LogP contribution in [0.1, 0.15) is 12.0 Å². The molecule has 0 saturated carbocycles. The Morgan fingerprint density at radius 3 is 3.06 bits per heavy atom. The molecule has 5 nitrogen and oxygen atoms in total. The van der Waals surface area contributed by atoms with Crippen molar-refractivity contribution in [1.29, 1.82) is 5.26 Å². The molecule has 2 N–H and O–H groups in total. The molecule has 0 aromatic carbocycles. The van der Waals surface area contributed by atoms with E-state index < -0.39 is 12.0 Å². The monoisotopic (exact) mass is 215 g/mol. The van der Waals surface area contributed by atoms with Gasteiger partial charge in [-0.15, -0.1) is 12.3 Å². The summed E-state index contributed by atoms with van der Waals surface area (Å²) in [7, 11) is 0. The van der Waals surface area contributed by atoms with E-state index in [1.54, 1.807) is 12.1 Å². The molecule has 0 amide bonds. The van der Waals surface area contributed by atoms with Gasteiger partial charge in [0.2, 0.25) is 0 Å². The predicted molar refractivity (Wildman–Crippen MR) is 57.4 cm³/mol. The van der Waals surface area contributed by atoms with E-state index in [2.05, 4.69) is 16.2 Å². The second kappa shape index (κ2) is 5.38. The van der Waals surface area contributed by atoms with Crippen LogP contribution in [0.2, 0.25) is 0 Å². The first-order valence-corrected chi connectivity index (χ1v) is 4.47. The van der Waals surface area contributed by atoms with Gasteiger partial charge in [0.25, 0.3) is 0 Å². The fraction of sp³-hybridized carbons (Fsp3) is 0.182. The van der Waals surface area contributed by atoms with Crippen LogP contribution in [0, 0.1) is 23.7 Å². The Kier molecular flexibility index (Phi) is 3.88. The van der Waals surface area contributed by atoms with Crippen LogP contribution in [0.15, 0.2) is 18.3 Å². The van der Waals surface area contributed by atoms with E-state index in [9.17, 15) is 4.79 Å². The summed E-state index contributed by atoms with van der Waals surface area (Å²) in [5.41, 5.74) is 0.283. The number of aliphatic carboxylic acids is 1. The molecule has 5 heteroatoms. The van der Waals surface area contributed by atoms with Crippen molar-refractivity contribution in [3.8, 4) is 18.4 Å². The number of terminal acetylenes is 1. The number of aromatic nitrogens is 1. The highest BCUT2D eigenvalue weighted by atomic mass is 16.4. The smallest absolute Gasteiger partial charge is 0.327 e. The van der Waals surface area contributed by atoms with Gasteiger partial charge in [0.05, 0.1) is 5.56 Å². The maximum Gasteiger partial charge on any atom is 0.327 e. The van der Waals surface area contributed by atoms with E-state index in [-0.39, 0.29) is 17.8 Å². The molecule has 1 atom stereocenters. The number of pyridine rings is 1. The quantitative estimate of drug-likeness (QED) is 0.727. The van der Waals surface area contributed by atoms with E-state index >= 15 is 0 Å². The van der Waals surface area contributed by atoms with Gasteiger partial charge in [-0.05, 0) is 12.1 Å². The summed E-state index contributed by atoms with van der Waals surface area (Å²) in [5, 5.41) is 20.3. The van der Waals surface area contributed by atoms with E-state index in [1.165, 1.54) is 6.20 Å². The zero-order valence-electron chi connectivity index (χ0n) is 8.34. The van der Waals surface area contributed by atoms with Crippen LogP contribution in [-0.4, -0.2) is 22.1 Å². The number of nitrogens with one attached hydrogen (secondary N) is 1. The molecule has 0 bridgehead atoms. The fourth-order valence-electron chi connectivity index (χ4n) is 1.09. The molecule has 1 heterocycles. The molecule has 0 fully saturated rings. The van der Waals surface area contributed by atoms with Crippen molar-refractivity contribution in [1.82, 2.24) is 4.98 Å². The molecule has 0 radical (unpaired) electrons. The summed E-state index contributed by atoms with van der Waals surface area (Å²) in [6.07, 6.45) is 6.55. The van der Waals surface area contributed by atoms with Crippen molar-refractivity contribution in [3.05, 3.63) is 23.9 Å². The Morgan fingerprint density at radius 2 is 2.50 bits per heavy atom. The highest BCUT2D eigenvalue weighted by Crippen LogP contribution is 2.12. The number of carboxylic acid groups (broad SMARTS) is 1. The summed E-state index contributed by atoms with van der Waals surface area (Å²) in [6, 6.07) is 4.12. The van der Waals surface area contributed by atoms with Crippen LogP contribution in [0.5, 0.6) is 0 Å². The second-order valence-electron chi connectivity index (χ2n) is 2.95. The minimum atomic E-state index is -1.08. The molecule has 0 aliphatic heterocycles. The predicted octanol–water partition coefficient (Wildman–Crippen LogP) is 0.842. The first kappa shape index (κ1) is 11.5. The molecular weight excluding hydrogens is 206 g/mol. The topological polar surface area (TPSA) is 86.0 Å². The number of carbonyl (C=O) groups is 1. The maximum atomic E-state index is 10.8. The minimum absolute atomic E-state index is 0.0246. The standard InChI is InChI=1S/C11H9N3O2/c1-2-4-9(11(15)16)14-10-8(7-12)5-3-6-13-10/h1,3,5-6,9H,4H2,(H,13,14)(H,15,16). The van der Waals surface area contributed by atoms with Gasteiger partial charge < -0.3 is 10.4 Å². The molecule has 0 aliphatic carbocycles. The van der Waals surface area contributed by atoms with Crippen LogP contribution >= 0.6 is 0 Å². The molecule has 1 aromatic rings. The van der Waals surface area contributed by atoms with Crippen LogP contribution < -0.4 is 5.32 Å². The normalized spacial score (nSPS) is 10.9. The van der Waals surface area contributed by atoms with Crippen LogP contribution in [0.3, 0.4) is 0 Å². The van der Waals surface area contributed by atoms with Crippen molar-refractivity contribution < 1.29 is 9.90 Å². The maximum absolute atomic E-state index is 10.8. The van der Waals surface area contributed by atoms with E-state index in [4.69, 9.17) is 16.8 Å². The summed E-state index contributed by atoms with van der Waals surface area (Å²) < 4.78 is 0. The number of nitrogens with zero attached hydrogens (tertiary/aromatic N) is 2. The number of rotatable bonds is 4. The SMILES string of the molecule is C#CCC(Nc1ncccc1C#N)C(=O)O. The Labute approximate surface area is 92.7 Å². The summed E-state index contributed by atoms with van der Waals surface area (Å²) in [5.74, 6) is 1.41. The summed E-state index contributed by atoms with van der Waals surface area (Å²) in [4.78, 5) is 14.7. The second-order valence-corrected chi connectivity index (χ2v) is 2.95. The first-order chi connectivity index (χ1) is 7.69. The third kappa shape index (κ3) is 2.73. The molecule has 1 rings (SSSR count). The lowest BCUT2D eigenvalue weighted by Gasteiger charge is -2.12. The summed E-state index contributed by atoms with van der Waals surface area (Å²) in [6.45, 7) is 0. The summed E-state index contributed by atoms with van der Waals surface area (Å²) >= 11 is 0. The Bertz CT molecular complexity index is 471. The highest BCUT2D eigenvalue weighted by molar-refractivity contribution is 5.77. The van der Waals surface area contributed by atoms with E-state index in [0.29, 0.717) is 0 Å². The largest absolute Gasteiger partial charge is 0.480 e. The molecule has 0 saturated heterocycles. The van der Waals surface area contributed by atoms with E-state index in [1.807, 2.05) is 6.07 Å². The number of carboxylic acids is 1. The lowest BCUT2D eigenvalue weighted by atomic mass is 10.2. The minimum Gasteiger partial charge on any atom is -0.480 e. The van der Waals surface area contributed by atoms with Gasteiger partial charge in [-0.1, -0.05) is 0 Å². The van der Waals surface area contributed by atoms with Crippen LogP contribution in [0.4, 0.5) is 5.82 Å². The molecule has 16 heavy (non-hydrogen) atoms. The molecule has 1 unspecified atom stereocenters. The number of hydrogen-bond acceptors (Lipinski definition) is 4.